The number of aromatic nitrogens is 1. The molecule has 150 valence electrons. The van der Waals surface area contributed by atoms with Gasteiger partial charge in [0.25, 0.3) is 5.91 Å². The van der Waals surface area contributed by atoms with E-state index in [1.807, 2.05) is 12.1 Å². The van der Waals surface area contributed by atoms with Crippen LogP contribution >= 0.6 is 0 Å². The summed E-state index contributed by atoms with van der Waals surface area (Å²) in [6, 6.07) is 8.63. The predicted molar refractivity (Wildman–Crippen MR) is 109 cm³/mol. The van der Waals surface area contributed by atoms with E-state index in [0.717, 1.165) is 41.5 Å². The van der Waals surface area contributed by atoms with Crippen LogP contribution in [0.2, 0.25) is 0 Å². The average Bonchev–Trinajstić information content (AvgIpc) is 3.22. The summed E-state index contributed by atoms with van der Waals surface area (Å²) in [7, 11) is -0.643. The van der Waals surface area contributed by atoms with E-state index in [2.05, 4.69) is 15.2 Å². The SMILES string of the molecule is CN(C)S(=O)(=O)c1ccc(N2CCCC2)c(C(=O)NCCc2cccnc2)c1. The lowest BCUT2D eigenvalue weighted by molar-refractivity contribution is 0.0954. The van der Waals surface area contributed by atoms with Crippen LogP contribution in [0.4, 0.5) is 5.69 Å². The highest BCUT2D eigenvalue weighted by Gasteiger charge is 2.24. The van der Waals surface area contributed by atoms with Crippen LogP contribution in [0.5, 0.6) is 0 Å². The van der Waals surface area contributed by atoms with Crippen molar-refractivity contribution in [3.8, 4) is 0 Å². The van der Waals surface area contributed by atoms with Gasteiger partial charge in [0.2, 0.25) is 10.0 Å². The van der Waals surface area contributed by atoms with Crippen molar-refractivity contribution in [3.63, 3.8) is 0 Å². The standard InChI is InChI=1S/C20H26N4O3S/c1-23(2)28(26,27)17-7-8-19(24-12-3-4-13-24)18(14-17)20(25)22-11-9-16-6-5-10-21-15-16/h5-8,10,14-15H,3-4,9,11-13H2,1-2H3,(H,22,25). The average molecular weight is 403 g/mol. The molecule has 3 rings (SSSR count). The molecule has 0 unspecified atom stereocenters. The van der Waals surface area contributed by atoms with Crippen LogP contribution in [0.1, 0.15) is 28.8 Å². The molecule has 7 nitrogen and oxygen atoms in total. The zero-order valence-corrected chi connectivity index (χ0v) is 17.1. The van der Waals surface area contributed by atoms with Crippen LogP contribution in [0, 0.1) is 0 Å². The van der Waals surface area contributed by atoms with Crippen molar-refractivity contribution in [2.75, 3.05) is 38.6 Å². The number of hydrogen-bond donors (Lipinski definition) is 1. The van der Waals surface area contributed by atoms with Gasteiger partial charge in [-0.15, -0.1) is 0 Å². The molecule has 28 heavy (non-hydrogen) atoms. The van der Waals surface area contributed by atoms with E-state index in [1.54, 1.807) is 24.5 Å². The Kier molecular flexibility index (Phi) is 6.31. The molecule has 1 aliphatic heterocycles. The van der Waals surface area contributed by atoms with E-state index < -0.39 is 10.0 Å². The van der Waals surface area contributed by atoms with Gasteiger partial charge in [0.15, 0.2) is 0 Å². The number of nitrogens with zero attached hydrogens (tertiary/aromatic N) is 3. The molecule has 1 fully saturated rings. The first kappa shape index (κ1) is 20.3. The van der Waals surface area contributed by atoms with E-state index in [1.165, 1.54) is 20.2 Å². The number of amides is 1. The van der Waals surface area contributed by atoms with Crippen molar-refractivity contribution >= 4 is 21.6 Å². The van der Waals surface area contributed by atoms with Crippen LogP contribution < -0.4 is 10.2 Å². The molecule has 8 heteroatoms. The van der Waals surface area contributed by atoms with Gasteiger partial charge in [0.1, 0.15) is 0 Å². The number of carbonyl (C=O) groups is 1. The number of sulfonamides is 1. The third-order valence-electron chi connectivity index (χ3n) is 4.86. The molecule has 1 aromatic carbocycles. The quantitative estimate of drug-likeness (QED) is 0.765. The van der Waals surface area contributed by atoms with Gasteiger partial charge in [0.05, 0.1) is 10.5 Å². The molecule has 1 saturated heterocycles. The second kappa shape index (κ2) is 8.70. The van der Waals surface area contributed by atoms with Crippen LogP contribution in [0.15, 0.2) is 47.6 Å². The molecule has 2 heterocycles. The van der Waals surface area contributed by atoms with Gasteiger partial charge < -0.3 is 10.2 Å². The second-order valence-corrected chi connectivity index (χ2v) is 9.18. The molecule has 0 radical (unpaired) electrons. The smallest absolute Gasteiger partial charge is 0.253 e. The normalized spacial score (nSPS) is 14.5. The Balaban J connectivity index is 1.83. The van der Waals surface area contributed by atoms with Crippen molar-refractivity contribution < 1.29 is 13.2 Å². The molecule has 0 spiro atoms. The summed E-state index contributed by atoms with van der Waals surface area (Å²) in [6.07, 6.45) is 6.28. The third-order valence-corrected chi connectivity index (χ3v) is 6.67. The van der Waals surface area contributed by atoms with Gasteiger partial charge in [-0.3, -0.25) is 9.78 Å². The number of nitrogens with one attached hydrogen (secondary N) is 1. The fraction of sp³-hybridized carbons (Fsp3) is 0.400. The summed E-state index contributed by atoms with van der Waals surface area (Å²) in [4.78, 5) is 19.2. The lowest BCUT2D eigenvalue weighted by Gasteiger charge is -2.22. The van der Waals surface area contributed by atoms with E-state index >= 15 is 0 Å². The monoisotopic (exact) mass is 402 g/mol. The number of rotatable bonds is 7. The van der Waals surface area contributed by atoms with Gasteiger partial charge in [-0.1, -0.05) is 6.07 Å². The topological polar surface area (TPSA) is 82.6 Å². The van der Waals surface area contributed by atoms with Crippen LogP contribution in [-0.4, -0.2) is 57.3 Å². The molecule has 0 aliphatic carbocycles. The maximum Gasteiger partial charge on any atom is 0.253 e. The number of pyridine rings is 1. The first-order valence-corrected chi connectivity index (χ1v) is 10.8. The largest absolute Gasteiger partial charge is 0.371 e. The highest BCUT2D eigenvalue weighted by Crippen LogP contribution is 2.28. The minimum Gasteiger partial charge on any atom is -0.371 e. The lowest BCUT2D eigenvalue weighted by Crippen LogP contribution is -2.30. The van der Waals surface area contributed by atoms with Crippen molar-refractivity contribution in [2.45, 2.75) is 24.2 Å². The van der Waals surface area contributed by atoms with Crippen LogP contribution in [0.25, 0.3) is 0 Å². The highest BCUT2D eigenvalue weighted by molar-refractivity contribution is 7.89. The van der Waals surface area contributed by atoms with Crippen LogP contribution in [0.3, 0.4) is 0 Å². The first-order chi connectivity index (χ1) is 13.4. The van der Waals surface area contributed by atoms with Crippen molar-refractivity contribution in [1.82, 2.24) is 14.6 Å². The van der Waals surface area contributed by atoms with Gasteiger partial charge >= 0.3 is 0 Å². The highest BCUT2D eigenvalue weighted by atomic mass is 32.2. The minimum absolute atomic E-state index is 0.123. The molecular formula is C20H26N4O3S. The zero-order valence-electron chi connectivity index (χ0n) is 16.3. The number of anilines is 1. The third kappa shape index (κ3) is 4.51. The maximum atomic E-state index is 12.9. The summed E-state index contributed by atoms with van der Waals surface area (Å²) in [5, 5.41) is 2.92. The summed E-state index contributed by atoms with van der Waals surface area (Å²) in [6.45, 7) is 2.19. The van der Waals surface area contributed by atoms with Crippen molar-refractivity contribution in [2.24, 2.45) is 0 Å². The van der Waals surface area contributed by atoms with Crippen molar-refractivity contribution in [3.05, 3.63) is 53.9 Å². The zero-order chi connectivity index (χ0) is 20.1. The summed E-state index contributed by atoms with van der Waals surface area (Å²) < 4.78 is 26.2. The summed E-state index contributed by atoms with van der Waals surface area (Å²) >= 11 is 0. The number of carbonyl (C=O) groups excluding carboxylic acids is 1. The molecule has 1 aliphatic rings. The van der Waals surface area contributed by atoms with Gasteiger partial charge in [-0.25, -0.2) is 12.7 Å². The lowest BCUT2D eigenvalue weighted by atomic mass is 10.1. The minimum atomic E-state index is -3.61. The van der Waals surface area contributed by atoms with E-state index in [9.17, 15) is 13.2 Å². The molecule has 1 N–H and O–H groups in total. The molecule has 0 saturated carbocycles. The Hall–Kier alpha value is -2.45. The Morgan fingerprint density at radius 2 is 1.96 bits per heavy atom. The first-order valence-electron chi connectivity index (χ1n) is 9.38. The Labute approximate surface area is 166 Å². The number of benzene rings is 1. The summed E-state index contributed by atoms with van der Waals surface area (Å²) in [5.41, 5.74) is 2.22. The fourth-order valence-electron chi connectivity index (χ4n) is 3.26. The molecule has 0 bridgehead atoms. The van der Waals surface area contributed by atoms with E-state index in [4.69, 9.17) is 0 Å². The van der Waals surface area contributed by atoms with Gasteiger partial charge in [-0.05, 0) is 49.1 Å². The van der Waals surface area contributed by atoms with Gasteiger partial charge in [0, 0.05) is 51.8 Å². The Morgan fingerprint density at radius 3 is 2.61 bits per heavy atom. The van der Waals surface area contributed by atoms with Crippen molar-refractivity contribution in [1.29, 1.82) is 0 Å². The summed E-state index contributed by atoms with van der Waals surface area (Å²) in [5.74, 6) is -0.262. The Bertz CT molecular complexity index is 924. The maximum absolute atomic E-state index is 12.9. The van der Waals surface area contributed by atoms with E-state index in [-0.39, 0.29) is 10.8 Å². The molecule has 1 amide bonds. The predicted octanol–water partition coefficient (Wildman–Crippen LogP) is 1.90. The molecule has 0 atom stereocenters. The number of hydrogen-bond acceptors (Lipinski definition) is 5. The Morgan fingerprint density at radius 1 is 1.21 bits per heavy atom. The molecule has 2 aromatic rings. The molecule has 1 aromatic heterocycles. The molecular weight excluding hydrogens is 376 g/mol. The van der Waals surface area contributed by atoms with Gasteiger partial charge in [-0.2, -0.15) is 0 Å². The van der Waals surface area contributed by atoms with Crippen LogP contribution in [-0.2, 0) is 16.4 Å². The fourth-order valence-corrected chi connectivity index (χ4v) is 4.19. The van der Waals surface area contributed by atoms with E-state index in [0.29, 0.717) is 18.5 Å². The second-order valence-electron chi connectivity index (χ2n) is 7.03.